The Bertz CT molecular complexity index is 343. The van der Waals surface area contributed by atoms with Gasteiger partial charge in [-0.2, -0.15) is 0 Å². The fourth-order valence-corrected chi connectivity index (χ4v) is 1.84. The highest BCUT2D eigenvalue weighted by Gasteiger charge is 2.23. The summed E-state index contributed by atoms with van der Waals surface area (Å²) in [5, 5.41) is 0. The number of aryl methyl sites for hydroxylation is 1. The van der Waals surface area contributed by atoms with Crippen LogP contribution in [-0.2, 0) is 0 Å². The Morgan fingerprint density at radius 3 is 2.54 bits per heavy atom. The van der Waals surface area contributed by atoms with Gasteiger partial charge in [-0.15, -0.1) is 0 Å². The van der Waals surface area contributed by atoms with Gasteiger partial charge in [0.15, 0.2) is 0 Å². The van der Waals surface area contributed by atoms with E-state index in [9.17, 15) is 0 Å². The van der Waals surface area contributed by atoms with Crippen molar-refractivity contribution in [2.24, 2.45) is 0 Å². The smallest absolute Gasteiger partial charge is 0.0161 e. The Hall–Kier alpha value is -1.04. The van der Waals surface area contributed by atoms with Gasteiger partial charge >= 0.3 is 0 Å². The zero-order chi connectivity index (χ0) is 9.42. The van der Waals surface area contributed by atoms with Crippen LogP contribution in [0, 0.1) is 6.92 Å². The van der Waals surface area contributed by atoms with Crippen LogP contribution in [0.25, 0.3) is 5.57 Å². The first-order chi connectivity index (χ1) is 6.18. The van der Waals surface area contributed by atoms with Crippen molar-refractivity contribution in [3.63, 3.8) is 0 Å². The van der Waals surface area contributed by atoms with E-state index in [4.69, 9.17) is 0 Å². The number of benzene rings is 1. The van der Waals surface area contributed by atoms with Crippen LogP contribution < -0.4 is 0 Å². The first-order valence-corrected chi connectivity index (χ1v) is 4.95. The Labute approximate surface area is 80.3 Å². The molecule has 1 saturated carbocycles. The molecule has 0 radical (unpaired) electrons. The summed E-state index contributed by atoms with van der Waals surface area (Å²) >= 11 is 0. The second-order valence-electron chi connectivity index (χ2n) is 4.13. The van der Waals surface area contributed by atoms with E-state index in [1.54, 1.807) is 0 Å². The molecule has 13 heavy (non-hydrogen) atoms. The van der Waals surface area contributed by atoms with Gasteiger partial charge in [-0.1, -0.05) is 30.4 Å². The maximum absolute atomic E-state index is 3.98. The predicted octanol–water partition coefficient (Wildman–Crippen LogP) is 3.91. The maximum Gasteiger partial charge on any atom is -0.0161 e. The Balaban J connectivity index is 2.36. The highest BCUT2D eigenvalue weighted by atomic mass is 14.3. The summed E-state index contributed by atoms with van der Waals surface area (Å²) in [6.07, 6.45) is 2.76. The van der Waals surface area contributed by atoms with Gasteiger partial charge in [0.25, 0.3) is 0 Å². The Kier molecular flexibility index (Phi) is 1.99. The molecular formula is C13H16. The monoisotopic (exact) mass is 172 g/mol. The van der Waals surface area contributed by atoms with Gasteiger partial charge in [-0.3, -0.25) is 0 Å². The fourth-order valence-electron chi connectivity index (χ4n) is 1.84. The molecule has 0 nitrogen and oxygen atoms in total. The summed E-state index contributed by atoms with van der Waals surface area (Å²) in [5.74, 6) is 0.859. The summed E-state index contributed by atoms with van der Waals surface area (Å²) < 4.78 is 0. The maximum atomic E-state index is 3.98. The summed E-state index contributed by atoms with van der Waals surface area (Å²) in [6, 6.07) is 6.79. The molecule has 0 aliphatic heterocycles. The van der Waals surface area contributed by atoms with Crippen molar-refractivity contribution in [2.45, 2.75) is 32.6 Å². The van der Waals surface area contributed by atoms with E-state index < -0.39 is 0 Å². The normalized spacial score (nSPS) is 15.8. The van der Waals surface area contributed by atoms with Crippen molar-refractivity contribution >= 4 is 5.57 Å². The third kappa shape index (κ3) is 1.67. The lowest BCUT2D eigenvalue weighted by Gasteiger charge is -2.07. The van der Waals surface area contributed by atoms with Crippen molar-refractivity contribution in [1.82, 2.24) is 0 Å². The Morgan fingerprint density at radius 2 is 2.08 bits per heavy atom. The third-order valence-electron chi connectivity index (χ3n) is 2.76. The van der Waals surface area contributed by atoms with Crippen molar-refractivity contribution in [3.05, 3.63) is 41.5 Å². The van der Waals surface area contributed by atoms with E-state index in [1.165, 1.54) is 35.1 Å². The molecule has 0 saturated heterocycles. The molecule has 0 unspecified atom stereocenters. The highest BCUT2D eigenvalue weighted by molar-refractivity contribution is 5.64. The zero-order valence-electron chi connectivity index (χ0n) is 8.43. The number of allylic oxidation sites excluding steroid dienone is 1. The first kappa shape index (κ1) is 8.55. The van der Waals surface area contributed by atoms with E-state index in [-0.39, 0.29) is 0 Å². The van der Waals surface area contributed by atoms with Crippen molar-refractivity contribution in [3.8, 4) is 0 Å². The molecular weight excluding hydrogens is 156 g/mol. The van der Waals surface area contributed by atoms with E-state index >= 15 is 0 Å². The molecule has 1 aliphatic carbocycles. The molecule has 1 aliphatic rings. The fraction of sp³-hybridized carbons (Fsp3) is 0.385. The van der Waals surface area contributed by atoms with Crippen molar-refractivity contribution in [2.75, 3.05) is 0 Å². The first-order valence-electron chi connectivity index (χ1n) is 4.95. The number of hydrogen-bond acceptors (Lipinski definition) is 0. The molecule has 0 atom stereocenters. The second kappa shape index (κ2) is 3.02. The van der Waals surface area contributed by atoms with Gasteiger partial charge < -0.3 is 0 Å². The molecule has 0 heterocycles. The third-order valence-corrected chi connectivity index (χ3v) is 2.76. The van der Waals surface area contributed by atoms with E-state index in [1.807, 2.05) is 0 Å². The van der Waals surface area contributed by atoms with Crippen LogP contribution >= 0.6 is 0 Å². The molecule has 0 amide bonds. The summed E-state index contributed by atoms with van der Waals surface area (Å²) in [5.41, 5.74) is 5.36. The average molecular weight is 172 g/mol. The van der Waals surface area contributed by atoms with Gasteiger partial charge in [0, 0.05) is 0 Å². The lowest BCUT2D eigenvalue weighted by molar-refractivity contribution is 1.12. The zero-order valence-corrected chi connectivity index (χ0v) is 8.43. The van der Waals surface area contributed by atoms with Crippen LogP contribution in [0.2, 0.25) is 0 Å². The van der Waals surface area contributed by atoms with Gasteiger partial charge in [-0.05, 0) is 49.3 Å². The molecule has 1 aromatic carbocycles. The van der Waals surface area contributed by atoms with E-state index in [0.29, 0.717) is 0 Å². The van der Waals surface area contributed by atoms with Crippen molar-refractivity contribution < 1.29 is 0 Å². The van der Waals surface area contributed by atoms with Crippen LogP contribution in [-0.4, -0.2) is 0 Å². The molecule has 2 rings (SSSR count). The van der Waals surface area contributed by atoms with Crippen LogP contribution in [0.1, 0.15) is 42.4 Å². The van der Waals surface area contributed by atoms with Gasteiger partial charge in [0.1, 0.15) is 0 Å². The summed E-state index contributed by atoms with van der Waals surface area (Å²) in [4.78, 5) is 0. The van der Waals surface area contributed by atoms with Crippen LogP contribution in [0.5, 0.6) is 0 Å². The minimum Gasteiger partial charge on any atom is -0.0955 e. The quantitative estimate of drug-likeness (QED) is 0.634. The van der Waals surface area contributed by atoms with Crippen LogP contribution in [0.15, 0.2) is 24.8 Å². The van der Waals surface area contributed by atoms with E-state index in [0.717, 1.165) is 5.92 Å². The minimum absolute atomic E-state index is 0.859. The topological polar surface area (TPSA) is 0 Å². The van der Waals surface area contributed by atoms with Gasteiger partial charge in [0.05, 0.1) is 0 Å². The summed E-state index contributed by atoms with van der Waals surface area (Å²) in [7, 11) is 0. The van der Waals surface area contributed by atoms with Crippen LogP contribution in [0.4, 0.5) is 0 Å². The van der Waals surface area contributed by atoms with Crippen LogP contribution in [0.3, 0.4) is 0 Å². The van der Waals surface area contributed by atoms with Gasteiger partial charge in [-0.25, -0.2) is 0 Å². The lowest BCUT2D eigenvalue weighted by Crippen LogP contribution is -1.87. The van der Waals surface area contributed by atoms with E-state index in [2.05, 4.69) is 38.6 Å². The largest absolute Gasteiger partial charge is 0.0955 e. The molecule has 0 bridgehead atoms. The number of hydrogen-bond donors (Lipinski definition) is 0. The Morgan fingerprint density at radius 1 is 1.38 bits per heavy atom. The molecule has 1 fully saturated rings. The van der Waals surface area contributed by atoms with Crippen molar-refractivity contribution in [1.29, 1.82) is 0 Å². The standard InChI is InChI=1S/C13H16/c1-9(2)13-7-6-12(8-10(13)3)11-4-5-11/h6-8,11H,1,4-5H2,2-3H3. The lowest BCUT2D eigenvalue weighted by atomic mass is 9.99. The molecule has 0 spiro atoms. The predicted molar refractivity (Wildman–Crippen MR) is 57.9 cm³/mol. The molecule has 1 aromatic rings. The molecule has 0 heteroatoms. The summed E-state index contributed by atoms with van der Waals surface area (Å²) in [6.45, 7) is 8.22. The molecule has 0 aromatic heterocycles. The second-order valence-corrected chi connectivity index (χ2v) is 4.13. The molecule has 68 valence electrons. The van der Waals surface area contributed by atoms with Gasteiger partial charge in [0.2, 0.25) is 0 Å². The number of rotatable bonds is 2. The SMILES string of the molecule is C=C(C)c1ccc(C2CC2)cc1C. The average Bonchev–Trinajstić information content (AvgIpc) is 2.85. The minimum atomic E-state index is 0.859. The molecule has 0 N–H and O–H groups in total. The highest BCUT2D eigenvalue weighted by Crippen LogP contribution is 2.40.